The average Bonchev–Trinajstić information content (AvgIpc) is 4.11. The molecule has 11 aromatic rings. The van der Waals surface area contributed by atoms with Gasteiger partial charge in [-0.3, -0.25) is 0 Å². The summed E-state index contributed by atoms with van der Waals surface area (Å²) in [6, 6.07) is 34.7. The molecule has 57 heavy (non-hydrogen) atoms. The molecule has 10 nitrogen and oxygen atoms in total. The van der Waals surface area contributed by atoms with E-state index < -0.39 is 10.0 Å². The van der Waals surface area contributed by atoms with Crippen LogP contribution < -0.4 is 0 Å². The molecule has 12 rings (SSSR count). The van der Waals surface area contributed by atoms with Crippen molar-refractivity contribution >= 4 is 75.5 Å². The number of para-hydroxylation sites is 3. The second-order valence-electron chi connectivity index (χ2n) is 13.3. The van der Waals surface area contributed by atoms with Crippen LogP contribution in [0.4, 0.5) is 5.69 Å². The van der Waals surface area contributed by atoms with Crippen LogP contribution in [0.1, 0.15) is 5.01 Å². The predicted octanol–water partition coefficient (Wildman–Crippen LogP) is 12.1. The van der Waals surface area contributed by atoms with Crippen molar-refractivity contribution in [2.24, 2.45) is 4.99 Å². The van der Waals surface area contributed by atoms with Crippen molar-refractivity contribution in [1.29, 1.82) is 0 Å². The van der Waals surface area contributed by atoms with Gasteiger partial charge in [-0.15, -0.1) is 22.7 Å². The Labute approximate surface area is 333 Å². The molecule has 0 saturated carbocycles. The SMILES string of the molecule is c1cnc(S2(c3ncc[nH]3)C(c3nccs3)=Nc3c(-c4cc5ccccc5s4)c(-c4cc5ccccc5o4)c(-c4ccco4)c(-c4nc5ccccc5[nH]4)c32)nc1. The molecule has 4 aromatic carbocycles. The largest absolute Gasteiger partial charge is 0.464 e. The van der Waals surface area contributed by atoms with E-state index in [2.05, 4.69) is 52.4 Å². The Morgan fingerprint density at radius 3 is 2.32 bits per heavy atom. The summed E-state index contributed by atoms with van der Waals surface area (Å²) < 4.78 is 14.5. The number of H-pyrrole nitrogens is 2. The van der Waals surface area contributed by atoms with Crippen molar-refractivity contribution in [3.8, 4) is 44.5 Å². The number of imidazole rings is 2. The van der Waals surface area contributed by atoms with Crippen LogP contribution in [0.5, 0.6) is 0 Å². The Kier molecular flexibility index (Phi) is 7.11. The number of aromatic nitrogens is 7. The maximum Gasteiger partial charge on any atom is 0.186 e. The molecule has 13 heteroatoms. The van der Waals surface area contributed by atoms with Crippen LogP contribution >= 0.6 is 32.7 Å². The summed E-state index contributed by atoms with van der Waals surface area (Å²) in [5.41, 5.74) is 6.51. The topological polar surface area (TPSA) is 135 Å². The Morgan fingerprint density at radius 2 is 1.53 bits per heavy atom. The number of aliphatic imine (C=N–C) groups is 1. The highest BCUT2D eigenvalue weighted by molar-refractivity contribution is 8.46. The number of furan rings is 2. The zero-order valence-electron chi connectivity index (χ0n) is 29.6. The van der Waals surface area contributed by atoms with Crippen LogP contribution in [0.15, 0.2) is 175 Å². The zero-order valence-corrected chi connectivity index (χ0v) is 32.0. The number of fused-ring (bicyclic) bond motifs is 4. The van der Waals surface area contributed by atoms with Crippen molar-refractivity contribution < 1.29 is 8.83 Å². The molecular formula is C44H26N8O2S3. The van der Waals surface area contributed by atoms with Gasteiger partial charge in [0.1, 0.15) is 33.0 Å². The van der Waals surface area contributed by atoms with Gasteiger partial charge in [-0.1, -0.05) is 48.5 Å². The molecule has 8 heterocycles. The van der Waals surface area contributed by atoms with E-state index in [4.69, 9.17) is 38.7 Å². The van der Waals surface area contributed by atoms with Crippen molar-refractivity contribution in [3.05, 3.63) is 151 Å². The molecule has 1 aliphatic heterocycles. The second-order valence-corrected chi connectivity index (χ2v) is 18.1. The van der Waals surface area contributed by atoms with Gasteiger partial charge in [-0.2, -0.15) is 0 Å². The first-order valence-corrected chi connectivity index (χ1v) is 21.4. The van der Waals surface area contributed by atoms with Gasteiger partial charge in [0.05, 0.1) is 23.0 Å². The number of thiazole rings is 1. The van der Waals surface area contributed by atoms with E-state index >= 15 is 0 Å². The predicted molar refractivity (Wildman–Crippen MR) is 227 cm³/mol. The Bertz CT molecular complexity index is 3210. The molecule has 7 aromatic heterocycles. The van der Waals surface area contributed by atoms with E-state index in [0.717, 1.165) is 79.9 Å². The van der Waals surface area contributed by atoms with Crippen LogP contribution in [-0.2, 0) is 0 Å². The van der Waals surface area contributed by atoms with E-state index in [1.807, 2.05) is 78.4 Å². The van der Waals surface area contributed by atoms with Gasteiger partial charge in [0, 0.05) is 78.5 Å². The summed E-state index contributed by atoms with van der Waals surface area (Å²) >= 11 is 3.24. The lowest BCUT2D eigenvalue weighted by Gasteiger charge is -2.35. The van der Waals surface area contributed by atoms with Crippen molar-refractivity contribution in [2.75, 3.05) is 0 Å². The normalized spacial score (nSPS) is 16.3. The molecule has 0 bridgehead atoms. The van der Waals surface area contributed by atoms with Crippen LogP contribution in [0.3, 0.4) is 0 Å². The minimum atomic E-state index is -2.73. The van der Waals surface area contributed by atoms with Crippen LogP contribution in [0, 0.1) is 0 Å². The second kappa shape index (κ2) is 12.5. The maximum atomic E-state index is 6.88. The molecule has 1 atom stereocenters. The monoisotopic (exact) mass is 794 g/mol. The number of rotatable bonds is 7. The smallest absolute Gasteiger partial charge is 0.186 e. The lowest BCUT2D eigenvalue weighted by Crippen LogP contribution is -2.17. The summed E-state index contributed by atoms with van der Waals surface area (Å²) in [5, 5.41) is 6.78. The van der Waals surface area contributed by atoms with Crippen LogP contribution in [0.25, 0.3) is 76.6 Å². The summed E-state index contributed by atoms with van der Waals surface area (Å²) in [7, 11) is -2.73. The Hall–Kier alpha value is -6.93. The first-order chi connectivity index (χ1) is 28.3. The highest BCUT2D eigenvalue weighted by atomic mass is 32.3. The number of thiophene rings is 1. The molecule has 1 aliphatic rings. The quantitative estimate of drug-likeness (QED) is 0.153. The molecule has 0 saturated heterocycles. The lowest BCUT2D eigenvalue weighted by molar-refractivity contribution is 0.581. The third kappa shape index (κ3) is 4.76. The zero-order chi connectivity index (χ0) is 37.5. The van der Waals surface area contributed by atoms with Gasteiger partial charge >= 0.3 is 0 Å². The minimum Gasteiger partial charge on any atom is -0.464 e. The number of hydrogen-bond acceptors (Lipinski definition) is 10. The fraction of sp³-hybridized carbons (Fsp3) is 0. The van der Waals surface area contributed by atoms with Crippen molar-refractivity contribution in [2.45, 2.75) is 15.2 Å². The number of benzene rings is 4. The molecule has 272 valence electrons. The third-order valence-corrected chi connectivity index (χ3v) is 15.6. The summed E-state index contributed by atoms with van der Waals surface area (Å²) in [5.74, 6) is 1.94. The molecule has 0 amide bonds. The standard InChI is InChI=1S/C44H26N8O2S3/c1-5-13-29-25(9-1)23-31(54-29)35-34(30-14-7-21-53-30)37(40-50-27-11-3-4-12-28(27)51-40)39-38(36(35)33-24-26-10-2-6-15-32(26)56-33)52-42(41-45-20-22-55-41)57(39,44-48-18-19-49-44)43-46-16-8-17-47-43/h1-24H,(H,48,49)(H,50,51). The van der Waals surface area contributed by atoms with E-state index in [9.17, 15) is 0 Å². The summed E-state index contributed by atoms with van der Waals surface area (Å²) in [4.78, 5) is 40.3. The highest BCUT2D eigenvalue weighted by Crippen LogP contribution is 2.78. The van der Waals surface area contributed by atoms with E-state index in [1.54, 1.807) is 36.2 Å². The molecule has 0 fully saturated rings. The van der Waals surface area contributed by atoms with Crippen molar-refractivity contribution in [1.82, 2.24) is 34.9 Å². The number of nitrogens with one attached hydrogen (secondary N) is 2. The van der Waals surface area contributed by atoms with Gasteiger partial charge in [0.2, 0.25) is 0 Å². The van der Waals surface area contributed by atoms with Crippen LogP contribution in [-0.4, -0.2) is 39.9 Å². The number of hydrogen-bond donors (Lipinski definition) is 2. The van der Waals surface area contributed by atoms with Gasteiger partial charge in [0.25, 0.3) is 0 Å². The lowest BCUT2D eigenvalue weighted by atomic mass is 9.89. The summed E-state index contributed by atoms with van der Waals surface area (Å²) in [6.07, 6.45) is 10.7. The number of aromatic amines is 2. The molecule has 0 aliphatic carbocycles. The fourth-order valence-corrected chi connectivity index (χ4v) is 13.5. The number of nitrogens with zero attached hydrogens (tertiary/aromatic N) is 6. The molecule has 2 N–H and O–H groups in total. The fourth-order valence-electron chi connectivity index (χ4n) is 7.87. The molecular weight excluding hydrogens is 769 g/mol. The van der Waals surface area contributed by atoms with E-state index in [0.29, 0.717) is 27.7 Å². The van der Waals surface area contributed by atoms with Gasteiger partial charge in [0.15, 0.2) is 10.3 Å². The Balaban J connectivity index is 1.37. The molecule has 0 spiro atoms. The van der Waals surface area contributed by atoms with Gasteiger partial charge < -0.3 is 18.8 Å². The van der Waals surface area contributed by atoms with Gasteiger partial charge in [-0.05, 0) is 70.0 Å². The molecule has 1 unspecified atom stereocenters. The average molecular weight is 795 g/mol. The van der Waals surface area contributed by atoms with Crippen molar-refractivity contribution in [3.63, 3.8) is 0 Å². The highest BCUT2D eigenvalue weighted by Gasteiger charge is 2.52. The van der Waals surface area contributed by atoms with E-state index in [-0.39, 0.29) is 0 Å². The van der Waals surface area contributed by atoms with Crippen LogP contribution in [0.2, 0.25) is 0 Å². The summed E-state index contributed by atoms with van der Waals surface area (Å²) in [6.45, 7) is 0. The first kappa shape index (κ1) is 32.3. The minimum absolute atomic E-state index is 0.564. The maximum absolute atomic E-state index is 6.88. The first-order valence-electron chi connectivity index (χ1n) is 18.0. The third-order valence-electron chi connectivity index (χ3n) is 10.2. The van der Waals surface area contributed by atoms with Gasteiger partial charge in [-0.25, -0.2) is 29.9 Å². The Morgan fingerprint density at radius 1 is 0.684 bits per heavy atom. The molecule has 0 radical (unpaired) electrons. The van der Waals surface area contributed by atoms with E-state index in [1.165, 1.54) is 11.3 Å².